The summed E-state index contributed by atoms with van der Waals surface area (Å²) >= 11 is 0.985. The van der Waals surface area contributed by atoms with Crippen LogP contribution in [0.15, 0.2) is 16.2 Å². The average molecular weight is 317 g/mol. The van der Waals surface area contributed by atoms with Crippen LogP contribution in [0.5, 0.6) is 0 Å². The van der Waals surface area contributed by atoms with Crippen molar-refractivity contribution in [3.05, 3.63) is 11.8 Å². The number of hydrogen-bond acceptors (Lipinski definition) is 7. The minimum Gasteiger partial charge on any atom is -0.357 e. The summed E-state index contributed by atoms with van der Waals surface area (Å²) in [5.41, 5.74) is -1.00. The average Bonchev–Trinajstić information content (AvgIpc) is 3.18. The molecule has 0 radical (unpaired) electrons. The maximum Gasteiger partial charge on any atom is 0.433 e. The summed E-state index contributed by atoms with van der Waals surface area (Å²) in [6, 6.07) is 1.12. The standard InChI is InChI=1S/C10H10F3N7S/c1-14-8-15-6(10(11,12)13)4-7(16-8)21-9-17-18-19-20(9)5-2-3-5/h4-5H,2-3H2,1H3,(H,14,15,16). The molecular weight excluding hydrogens is 307 g/mol. The Hall–Kier alpha value is -1.91. The molecule has 11 heteroatoms. The van der Waals surface area contributed by atoms with E-state index in [1.807, 2.05) is 0 Å². The first-order valence-corrected chi connectivity index (χ1v) is 6.89. The van der Waals surface area contributed by atoms with Crippen molar-refractivity contribution < 1.29 is 13.2 Å². The molecule has 1 aliphatic rings. The molecule has 0 saturated heterocycles. The molecule has 1 aliphatic carbocycles. The van der Waals surface area contributed by atoms with Crippen LogP contribution >= 0.6 is 11.8 Å². The third kappa shape index (κ3) is 3.06. The van der Waals surface area contributed by atoms with E-state index in [4.69, 9.17) is 0 Å². The van der Waals surface area contributed by atoms with Crippen molar-refractivity contribution in [3.8, 4) is 0 Å². The summed E-state index contributed by atoms with van der Waals surface area (Å²) in [7, 11) is 1.46. The first kappa shape index (κ1) is 14.0. The summed E-state index contributed by atoms with van der Waals surface area (Å²) in [6.45, 7) is 0. The van der Waals surface area contributed by atoms with E-state index in [1.165, 1.54) is 7.05 Å². The number of hydrogen-bond donors (Lipinski definition) is 1. The van der Waals surface area contributed by atoms with Crippen LogP contribution in [0.3, 0.4) is 0 Å². The Morgan fingerprint density at radius 3 is 2.71 bits per heavy atom. The third-order valence-electron chi connectivity index (χ3n) is 2.77. The van der Waals surface area contributed by atoms with Crippen molar-refractivity contribution >= 4 is 17.7 Å². The van der Waals surface area contributed by atoms with Crippen molar-refractivity contribution in [1.29, 1.82) is 0 Å². The van der Waals surface area contributed by atoms with E-state index in [9.17, 15) is 13.2 Å². The van der Waals surface area contributed by atoms with Gasteiger partial charge in [-0.3, -0.25) is 0 Å². The minimum absolute atomic E-state index is 0.0993. The van der Waals surface area contributed by atoms with E-state index in [0.29, 0.717) is 5.16 Å². The molecule has 7 nitrogen and oxygen atoms in total. The zero-order valence-electron chi connectivity index (χ0n) is 10.8. The lowest BCUT2D eigenvalue weighted by Gasteiger charge is -2.09. The molecule has 3 rings (SSSR count). The Labute approximate surface area is 121 Å². The van der Waals surface area contributed by atoms with E-state index in [-0.39, 0.29) is 17.0 Å². The van der Waals surface area contributed by atoms with Crippen LogP contribution in [-0.2, 0) is 6.18 Å². The van der Waals surface area contributed by atoms with Gasteiger partial charge in [0.1, 0.15) is 5.03 Å². The van der Waals surface area contributed by atoms with Crippen molar-refractivity contribution in [2.24, 2.45) is 0 Å². The van der Waals surface area contributed by atoms with Gasteiger partial charge in [0, 0.05) is 13.1 Å². The van der Waals surface area contributed by atoms with E-state index < -0.39 is 11.9 Å². The molecule has 1 saturated carbocycles. The Balaban J connectivity index is 1.92. The molecule has 21 heavy (non-hydrogen) atoms. The molecule has 0 atom stereocenters. The van der Waals surface area contributed by atoms with Crippen LogP contribution in [0, 0.1) is 0 Å². The lowest BCUT2D eigenvalue weighted by atomic mass is 10.4. The van der Waals surface area contributed by atoms with Crippen molar-refractivity contribution in [1.82, 2.24) is 30.2 Å². The van der Waals surface area contributed by atoms with Crippen LogP contribution in [0.1, 0.15) is 24.6 Å². The van der Waals surface area contributed by atoms with Gasteiger partial charge in [-0.05, 0) is 35.0 Å². The number of anilines is 1. The summed E-state index contributed by atoms with van der Waals surface area (Å²) < 4.78 is 40.0. The van der Waals surface area contributed by atoms with Crippen LogP contribution in [0.4, 0.5) is 19.1 Å². The second-order valence-corrected chi connectivity index (χ2v) is 5.39. The van der Waals surface area contributed by atoms with Gasteiger partial charge in [-0.2, -0.15) is 13.2 Å². The van der Waals surface area contributed by atoms with Gasteiger partial charge in [0.15, 0.2) is 5.69 Å². The van der Waals surface area contributed by atoms with E-state index >= 15 is 0 Å². The maximum atomic E-state index is 12.8. The third-order valence-corrected chi connectivity index (χ3v) is 3.64. The summed E-state index contributed by atoms with van der Waals surface area (Å²) in [4.78, 5) is 7.40. The Morgan fingerprint density at radius 1 is 1.33 bits per heavy atom. The Bertz CT molecular complexity index is 652. The fourth-order valence-electron chi connectivity index (χ4n) is 1.63. The normalized spacial score (nSPS) is 15.2. The van der Waals surface area contributed by atoms with Crippen molar-refractivity contribution in [2.45, 2.75) is 35.2 Å². The molecule has 0 aromatic carbocycles. The minimum atomic E-state index is -4.54. The highest BCUT2D eigenvalue weighted by atomic mass is 32.2. The largest absolute Gasteiger partial charge is 0.433 e. The number of nitrogens with one attached hydrogen (secondary N) is 1. The molecule has 2 aromatic heterocycles. The van der Waals surface area contributed by atoms with Crippen LogP contribution in [-0.4, -0.2) is 37.2 Å². The van der Waals surface area contributed by atoms with Gasteiger partial charge in [-0.15, -0.1) is 5.10 Å². The lowest BCUT2D eigenvalue weighted by Crippen LogP contribution is -2.11. The van der Waals surface area contributed by atoms with Gasteiger partial charge in [0.25, 0.3) is 0 Å². The molecule has 1 fully saturated rings. The number of aromatic nitrogens is 6. The first-order valence-electron chi connectivity index (χ1n) is 6.07. The summed E-state index contributed by atoms with van der Waals surface area (Å²) in [6.07, 6.45) is -2.60. The van der Waals surface area contributed by atoms with Crippen LogP contribution in [0.25, 0.3) is 0 Å². The number of nitrogens with zero attached hydrogens (tertiary/aromatic N) is 6. The number of tetrazole rings is 1. The predicted molar refractivity (Wildman–Crippen MR) is 66.8 cm³/mol. The van der Waals surface area contributed by atoms with E-state index in [1.54, 1.807) is 4.68 Å². The zero-order chi connectivity index (χ0) is 15.0. The summed E-state index contributed by atoms with van der Waals surface area (Å²) in [5, 5.41) is 14.3. The van der Waals surface area contributed by atoms with Crippen molar-refractivity contribution in [3.63, 3.8) is 0 Å². The SMILES string of the molecule is CNc1nc(Sc2nnnn2C2CC2)cc(C(F)(F)F)n1. The topological polar surface area (TPSA) is 81.4 Å². The molecule has 0 aliphatic heterocycles. The van der Waals surface area contributed by atoms with Gasteiger partial charge in [0.2, 0.25) is 11.1 Å². The fraction of sp³-hybridized carbons (Fsp3) is 0.500. The molecule has 2 heterocycles. The quantitative estimate of drug-likeness (QED) is 0.864. The van der Waals surface area contributed by atoms with Gasteiger partial charge < -0.3 is 5.32 Å². The zero-order valence-corrected chi connectivity index (χ0v) is 11.6. The highest BCUT2D eigenvalue weighted by Crippen LogP contribution is 2.38. The molecule has 0 unspecified atom stereocenters. The molecular formula is C10H10F3N7S. The van der Waals surface area contributed by atoms with Crippen LogP contribution < -0.4 is 5.32 Å². The second kappa shape index (κ2) is 5.13. The molecule has 1 N–H and O–H groups in total. The highest BCUT2D eigenvalue weighted by molar-refractivity contribution is 7.99. The molecule has 0 spiro atoms. The maximum absolute atomic E-state index is 12.8. The lowest BCUT2D eigenvalue weighted by molar-refractivity contribution is -0.141. The highest BCUT2D eigenvalue weighted by Gasteiger charge is 2.34. The molecule has 0 amide bonds. The molecule has 2 aromatic rings. The van der Waals surface area contributed by atoms with E-state index in [0.717, 1.165) is 30.7 Å². The van der Waals surface area contributed by atoms with E-state index in [2.05, 4.69) is 30.8 Å². The number of alkyl halides is 3. The number of halogens is 3. The predicted octanol–water partition coefficient (Wildman–Crippen LogP) is 2.01. The Kier molecular flexibility index (Phi) is 3.43. The smallest absolute Gasteiger partial charge is 0.357 e. The first-order chi connectivity index (χ1) is 9.97. The molecule has 0 bridgehead atoms. The van der Waals surface area contributed by atoms with Gasteiger partial charge >= 0.3 is 6.18 Å². The van der Waals surface area contributed by atoms with Gasteiger partial charge in [-0.25, -0.2) is 14.6 Å². The van der Waals surface area contributed by atoms with Gasteiger partial charge in [0.05, 0.1) is 6.04 Å². The second-order valence-electron chi connectivity index (χ2n) is 4.40. The van der Waals surface area contributed by atoms with Gasteiger partial charge in [-0.1, -0.05) is 0 Å². The van der Waals surface area contributed by atoms with Crippen LogP contribution in [0.2, 0.25) is 0 Å². The monoisotopic (exact) mass is 317 g/mol. The Morgan fingerprint density at radius 2 is 2.10 bits per heavy atom. The fourth-order valence-corrected chi connectivity index (χ4v) is 2.47. The molecule has 112 valence electrons. The summed E-state index contributed by atoms with van der Waals surface area (Å²) in [5.74, 6) is -0.0993. The van der Waals surface area contributed by atoms with Crippen molar-refractivity contribution in [2.75, 3.05) is 12.4 Å². The number of rotatable bonds is 4.